The van der Waals surface area contributed by atoms with Crippen LogP contribution in [-0.4, -0.2) is 22.5 Å². The van der Waals surface area contributed by atoms with E-state index < -0.39 is 0 Å². The first-order valence-corrected chi connectivity index (χ1v) is 7.81. The summed E-state index contributed by atoms with van der Waals surface area (Å²) in [5, 5.41) is 4.42. The summed E-state index contributed by atoms with van der Waals surface area (Å²) in [7, 11) is 0. The average Bonchev–Trinajstić information content (AvgIpc) is 3.18. The molecule has 3 N–H and O–H groups in total. The molecule has 0 aliphatic heterocycles. The van der Waals surface area contributed by atoms with Gasteiger partial charge in [-0.25, -0.2) is 5.43 Å². The lowest BCUT2D eigenvalue weighted by molar-refractivity contribution is 0.0161. The molecule has 0 saturated heterocycles. The van der Waals surface area contributed by atoms with Gasteiger partial charge in [-0.1, -0.05) is 6.92 Å². The van der Waals surface area contributed by atoms with Crippen LogP contribution in [0.25, 0.3) is 0 Å². The van der Waals surface area contributed by atoms with Crippen LogP contribution in [0.3, 0.4) is 0 Å². The second-order valence-electron chi connectivity index (χ2n) is 5.00. The highest BCUT2D eigenvalue weighted by Gasteiger charge is 2.39. The molecule has 1 fully saturated rings. The second kappa shape index (κ2) is 6.83. The van der Waals surface area contributed by atoms with Crippen LogP contribution in [0.4, 0.5) is 0 Å². The molecule has 108 valence electrons. The molecule has 2 rings (SSSR count). The van der Waals surface area contributed by atoms with Gasteiger partial charge in [0.2, 0.25) is 0 Å². The van der Waals surface area contributed by atoms with Crippen LogP contribution >= 0.6 is 15.9 Å². The van der Waals surface area contributed by atoms with Crippen LogP contribution in [0.1, 0.15) is 44.8 Å². The second-order valence-corrected chi connectivity index (χ2v) is 5.86. The first-order chi connectivity index (χ1) is 9.22. The van der Waals surface area contributed by atoms with Crippen molar-refractivity contribution in [1.29, 1.82) is 0 Å². The fourth-order valence-electron chi connectivity index (χ4n) is 2.52. The van der Waals surface area contributed by atoms with Crippen molar-refractivity contribution in [1.82, 2.24) is 15.2 Å². The molecule has 1 aromatic rings. The van der Waals surface area contributed by atoms with Gasteiger partial charge in [-0.3, -0.25) is 10.5 Å². The third-order valence-corrected chi connectivity index (χ3v) is 4.13. The third-order valence-electron chi connectivity index (χ3n) is 3.52. The standard InChI is InChI=1S/C13H23BrN4O/c1-3-7-18-12(10(14)8-16-18)11(17-15)13(19-4-2)9-5-6-9/h8-9,11,13,17H,3-7,15H2,1-2H3. The predicted molar refractivity (Wildman–Crippen MR) is 78.4 cm³/mol. The predicted octanol–water partition coefficient (Wildman–Crippen LogP) is 2.38. The number of rotatable bonds is 8. The van der Waals surface area contributed by atoms with Gasteiger partial charge in [-0.2, -0.15) is 5.10 Å². The molecule has 2 unspecified atom stereocenters. The summed E-state index contributed by atoms with van der Waals surface area (Å²) in [6, 6.07) is -0.0177. The molecular formula is C13H23BrN4O. The van der Waals surface area contributed by atoms with Gasteiger partial charge < -0.3 is 4.74 Å². The first-order valence-electron chi connectivity index (χ1n) is 7.01. The smallest absolute Gasteiger partial charge is 0.0904 e. The van der Waals surface area contributed by atoms with E-state index in [2.05, 4.69) is 33.4 Å². The zero-order valence-electron chi connectivity index (χ0n) is 11.6. The summed E-state index contributed by atoms with van der Waals surface area (Å²) in [5.74, 6) is 6.41. The SMILES string of the molecule is CCCn1ncc(Br)c1C(NN)C(OCC)C1CC1. The fourth-order valence-corrected chi connectivity index (χ4v) is 3.07. The highest BCUT2D eigenvalue weighted by atomic mass is 79.9. The number of hydrogen-bond acceptors (Lipinski definition) is 4. The maximum Gasteiger partial charge on any atom is 0.0904 e. The normalized spacial score (nSPS) is 18.5. The molecule has 1 aromatic heterocycles. The summed E-state index contributed by atoms with van der Waals surface area (Å²) in [6.45, 7) is 5.77. The zero-order valence-corrected chi connectivity index (χ0v) is 13.2. The van der Waals surface area contributed by atoms with Crippen molar-refractivity contribution in [2.45, 2.75) is 51.8 Å². The van der Waals surface area contributed by atoms with E-state index in [1.165, 1.54) is 12.8 Å². The van der Waals surface area contributed by atoms with E-state index in [-0.39, 0.29) is 12.1 Å². The van der Waals surface area contributed by atoms with Crippen LogP contribution in [0.15, 0.2) is 10.7 Å². The lowest BCUT2D eigenvalue weighted by Crippen LogP contribution is -2.40. The Balaban J connectivity index is 2.26. The summed E-state index contributed by atoms with van der Waals surface area (Å²) in [4.78, 5) is 0. The Labute approximate surface area is 123 Å². The van der Waals surface area contributed by atoms with E-state index in [4.69, 9.17) is 10.6 Å². The van der Waals surface area contributed by atoms with E-state index in [9.17, 15) is 0 Å². The Bertz CT molecular complexity index is 405. The molecule has 1 aliphatic rings. The average molecular weight is 331 g/mol. The molecule has 1 heterocycles. The van der Waals surface area contributed by atoms with Crippen LogP contribution in [0.5, 0.6) is 0 Å². The molecule has 1 aliphatic carbocycles. The maximum atomic E-state index is 5.93. The van der Waals surface area contributed by atoms with Crippen LogP contribution in [0, 0.1) is 5.92 Å². The maximum absolute atomic E-state index is 5.93. The van der Waals surface area contributed by atoms with Crippen molar-refractivity contribution in [2.75, 3.05) is 6.61 Å². The number of hydrogen-bond donors (Lipinski definition) is 2. The minimum Gasteiger partial charge on any atom is -0.376 e. The van der Waals surface area contributed by atoms with Gasteiger partial charge in [0.25, 0.3) is 0 Å². The Hall–Kier alpha value is -0.430. The van der Waals surface area contributed by atoms with Crippen molar-refractivity contribution in [3.63, 3.8) is 0 Å². The van der Waals surface area contributed by atoms with E-state index in [1.54, 1.807) is 0 Å². The van der Waals surface area contributed by atoms with Gasteiger partial charge in [0.15, 0.2) is 0 Å². The largest absolute Gasteiger partial charge is 0.376 e. The lowest BCUT2D eigenvalue weighted by atomic mass is 10.0. The molecule has 0 spiro atoms. The van der Waals surface area contributed by atoms with Gasteiger partial charge in [-0.15, -0.1) is 0 Å². The number of aromatic nitrogens is 2. The van der Waals surface area contributed by atoms with Gasteiger partial charge >= 0.3 is 0 Å². The molecular weight excluding hydrogens is 308 g/mol. The van der Waals surface area contributed by atoms with Crippen LogP contribution < -0.4 is 11.3 Å². The number of nitrogens with two attached hydrogens (primary N) is 1. The van der Waals surface area contributed by atoms with E-state index >= 15 is 0 Å². The molecule has 19 heavy (non-hydrogen) atoms. The summed E-state index contributed by atoms with van der Waals surface area (Å²) >= 11 is 3.58. The summed E-state index contributed by atoms with van der Waals surface area (Å²) in [6.07, 6.45) is 5.45. The summed E-state index contributed by atoms with van der Waals surface area (Å²) in [5.41, 5.74) is 4.03. The molecule has 0 radical (unpaired) electrons. The third kappa shape index (κ3) is 3.37. The molecule has 5 nitrogen and oxygen atoms in total. The molecule has 0 aromatic carbocycles. The molecule has 2 atom stereocenters. The minimum absolute atomic E-state index is 0.0177. The minimum atomic E-state index is -0.0177. The highest BCUT2D eigenvalue weighted by molar-refractivity contribution is 9.10. The monoisotopic (exact) mass is 330 g/mol. The summed E-state index contributed by atoms with van der Waals surface area (Å²) < 4.78 is 8.94. The number of halogens is 1. The molecule has 1 saturated carbocycles. The van der Waals surface area contributed by atoms with Gasteiger partial charge in [0, 0.05) is 13.2 Å². The molecule has 0 amide bonds. The Morgan fingerprint density at radius 2 is 2.32 bits per heavy atom. The lowest BCUT2D eigenvalue weighted by Gasteiger charge is -2.27. The number of nitrogens with zero attached hydrogens (tertiary/aromatic N) is 2. The Morgan fingerprint density at radius 3 is 2.84 bits per heavy atom. The first kappa shape index (κ1) is 15.0. The fraction of sp³-hybridized carbons (Fsp3) is 0.769. The van der Waals surface area contributed by atoms with E-state index in [1.807, 2.05) is 17.8 Å². The quantitative estimate of drug-likeness (QED) is 0.567. The van der Waals surface area contributed by atoms with Crippen LogP contribution in [-0.2, 0) is 11.3 Å². The Morgan fingerprint density at radius 1 is 1.58 bits per heavy atom. The van der Waals surface area contributed by atoms with Crippen molar-refractivity contribution < 1.29 is 4.74 Å². The van der Waals surface area contributed by atoms with E-state index in [0.29, 0.717) is 12.5 Å². The van der Waals surface area contributed by atoms with Crippen molar-refractivity contribution in [3.05, 3.63) is 16.4 Å². The zero-order chi connectivity index (χ0) is 13.8. The van der Waals surface area contributed by atoms with Gasteiger partial charge in [-0.05, 0) is 48.0 Å². The number of nitrogens with one attached hydrogen (secondary N) is 1. The Kier molecular flexibility index (Phi) is 5.38. The van der Waals surface area contributed by atoms with Crippen molar-refractivity contribution in [3.8, 4) is 0 Å². The highest BCUT2D eigenvalue weighted by Crippen LogP contribution is 2.41. The topological polar surface area (TPSA) is 65.1 Å². The van der Waals surface area contributed by atoms with E-state index in [0.717, 1.165) is 23.1 Å². The van der Waals surface area contributed by atoms with Crippen LogP contribution in [0.2, 0.25) is 0 Å². The number of ether oxygens (including phenoxy) is 1. The van der Waals surface area contributed by atoms with Gasteiger partial charge in [0.1, 0.15) is 0 Å². The van der Waals surface area contributed by atoms with Gasteiger partial charge in [0.05, 0.1) is 28.5 Å². The molecule has 0 bridgehead atoms. The number of aryl methyl sites for hydroxylation is 1. The molecule has 6 heteroatoms. The number of hydrazine groups is 1. The van der Waals surface area contributed by atoms with Crippen molar-refractivity contribution in [2.24, 2.45) is 11.8 Å². The van der Waals surface area contributed by atoms with Crippen molar-refractivity contribution >= 4 is 15.9 Å².